The maximum Gasteiger partial charge on any atom is 0.337 e. The lowest BCUT2D eigenvalue weighted by molar-refractivity contribution is 0.0698. The zero-order valence-electron chi connectivity index (χ0n) is 10.2. The van der Waals surface area contributed by atoms with Crippen LogP contribution in [0, 0.1) is 0 Å². The largest absolute Gasteiger partial charge is 0.478 e. The molecule has 2 aromatic rings. The number of hydrogen-bond donors (Lipinski definition) is 2. The molecule has 0 radical (unpaired) electrons. The van der Waals surface area contributed by atoms with Crippen LogP contribution in [0.3, 0.4) is 0 Å². The lowest BCUT2D eigenvalue weighted by Gasteiger charge is -2.10. The van der Waals surface area contributed by atoms with E-state index in [1.165, 1.54) is 30.5 Å². The molecule has 21 heavy (non-hydrogen) atoms. The number of pyridine rings is 1. The Hall–Kier alpha value is -1.83. The number of hydrogen-bond acceptors (Lipinski definition) is 4. The first-order valence-corrected chi connectivity index (χ1v) is 7.70. The number of anilines is 1. The number of sulfonamides is 1. The van der Waals surface area contributed by atoms with Crippen LogP contribution in [0.1, 0.15) is 10.4 Å². The summed E-state index contributed by atoms with van der Waals surface area (Å²) in [6.07, 6.45) is 2.36. The van der Waals surface area contributed by atoms with Crippen molar-refractivity contribution in [3.05, 3.63) is 52.3 Å². The molecule has 1 aromatic heterocycles. The summed E-state index contributed by atoms with van der Waals surface area (Å²) in [5, 5.41) is 9.30. The molecule has 1 aromatic carbocycles. The molecule has 2 rings (SSSR count). The molecular weight excluding hydrogens is 339 g/mol. The van der Waals surface area contributed by atoms with E-state index in [-0.39, 0.29) is 26.2 Å². The maximum atomic E-state index is 12.2. The van der Waals surface area contributed by atoms with Crippen LogP contribution in [0.25, 0.3) is 0 Å². The Morgan fingerprint density at radius 2 is 1.90 bits per heavy atom. The third-order valence-electron chi connectivity index (χ3n) is 2.50. The minimum Gasteiger partial charge on any atom is -0.478 e. The third-order valence-corrected chi connectivity index (χ3v) is 4.60. The van der Waals surface area contributed by atoms with Crippen LogP contribution in [-0.4, -0.2) is 24.5 Å². The summed E-state index contributed by atoms with van der Waals surface area (Å²) in [4.78, 5) is 14.6. The molecule has 0 saturated carbocycles. The molecule has 0 atom stereocenters. The van der Waals surface area contributed by atoms with Gasteiger partial charge in [-0.2, -0.15) is 0 Å². The highest BCUT2D eigenvalue weighted by Crippen LogP contribution is 2.26. The Balaban J connectivity index is 2.42. The number of carboxylic acid groups (broad SMARTS) is 1. The van der Waals surface area contributed by atoms with Crippen molar-refractivity contribution in [3.8, 4) is 0 Å². The smallest absolute Gasteiger partial charge is 0.337 e. The van der Waals surface area contributed by atoms with E-state index >= 15 is 0 Å². The van der Waals surface area contributed by atoms with Gasteiger partial charge in [-0.3, -0.25) is 9.71 Å². The summed E-state index contributed by atoms with van der Waals surface area (Å²) < 4.78 is 26.6. The molecule has 0 aliphatic heterocycles. The molecule has 0 aliphatic rings. The van der Waals surface area contributed by atoms with Gasteiger partial charge in [0.05, 0.1) is 32.4 Å². The maximum absolute atomic E-state index is 12.2. The molecule has 0 unspecified atom stereocenters. The second-order valence-corrected chi connectivity index (χ2v) is 6.40. The molecule has 1 heterocycles. The highest BCUT2D eigenvalue weighted by molar-refractivity contribution is 7.92. The predicted octanol–water partition coefficient (Wildman–Crippen LogP) is 2.89. The molecule has 6 nitrogen and oxygen atoms in total. The highest BCUT2D eigenvalue weighted by atomic mass is 35.5. The number of nitrogens with zero attached hydrogens (tertiary/aromatic N) is 1. The fourth-order valence-electron chi connectivity index (χ4n) is 1.51. The summed E-state index contributed by atoms with van der Waals surface area (Å²) in [6, 6.07) is 4.95. The number of carboxylic acids is 1. The van der Waals surface area contributed by atoms with Crippen LogP contribution in [0.2, 0.25) is 10.0 Å². The fraction of sp³-hybridized carbons (Fsp3) is 0. The second kappa shape index (κ2) is 5.88. The molecule has 0 aliphatic carbocycles. The van der Waals surface area contributed by atoms with E-state index in [0.717, 1.165) is 6.20 Å². The SMILES string of the molecule is O=C(O)c1ccncc1NS(=O)(=O)c1ccc(Cl)c(Cl)c1. The van der Waals surface area contributed by atoms with Crippen molar-refractivity contribution in [2.24, 2.45) is 0 Å². The average Bonchev–Trinajstić information content (AvgIpc) is 2.41. The summed E-state index contributed by atoms with van der Waals surface area (Å²) in [6.45, 7) is 0. The van der Waals surface area contributed by atoms with E-state index in [1.54, 1.807) is 0 Å². The van der Waals surface area contributed by atoms with Gasteiger partial charge in [0, 0.05) is 6.20 Å². The van der Waals surface area contributed by atoms with Gasteiger partial charge in [-0.05, 0) is 24.3 Å². The van der Waals surface area contributed by atoms with Crippen LogP contribution < -0.4 is 4.72 Å². The van der Waals surface area contributed by atoms with Gasteiger partial charge in [0.25, 0.3) is 10.0 Å². The minimum absolute atomic E-state index is 0.0733. The van der Waals surface area contributed by atoms with Gasteiger partial charge in [0.2, 0.25) is 0 Å². The van der Waals surface area contributed by atoms with E-state index in [0.29, 0.717) is 0 Å². The standard InChI is InChI=1S/C12H8Cl2N2O4S/c13-9-2-1-7(5-10(9)14)21(19,20)16-11-6-15-4-3-8(11)12(17)18/h1-6,16H,(H,17,18). The van der Waals surface area contributed by atoms with E-state index in [4.69, 9.17) is 28.3 Å². The van der Waals surface area contributed by atoms with Crippen molar-refractivity contribution in [2.45, 2.75) is 4.90 Å². The minimum atomic E-state index is -4.01. The molecule has 9 heteroatoms. The fourth-order valence-corrected chi connectivity index (χ4v) is 2.96. The van der Waals surface area contributed by atoms with E-state index in [9.17, 15) is 13.2 Å². The summed E-state index contributed by atoms with van der Waals surface area (Å²) in [5.41, 5.74) is -0.357. The summed E-state index contributed by atoms with van der Waals surface area (Å²) >= 11 is 11.5. The molecule has 0 bridgehead atoms. The topological polar surface area (TPSA) is 96.4 Å². The van der Waals surface area contributed by atoms with Gasteiger partial charge in [-0.15, -0.1) is 0 Å². The Morgan fingerprint density at radius 3 is 2.52 bits per heavy atom. The quantitative estimate of drug-likeness (QED) is 0.887. The van der Waals surface area contributed by atoms with Gasteiger partial charge in [-0.1, -0.05) is 23.2 Å². The van der Waals surface area contributed by atoms with Crippen molar-refractivity contribution >= 4 is 44.9 Å². The monoisotopic (exact) mass is 346 g/mol. The number of rotatable bonds is 4. The number of aromatic carboxylic acids is 1. The molecule has 0 amide bonds. The van der Waals surface area contributed by atoms with E-state index < -0.39 is 16.0 Å². The van der Waals surface area contributed by atoms with Crippen LogP contribution in [0.4, 0.5) is 5.69 Å². The molecule has 110 valence electrons. The van der Waals surface area contributed by atoms with Crippen LogP contribution in [0.15, 0.2) is 41.6 Å². The Labute approximate surface area is 130 Å². The zero-order valence-corrected chi connectivity index (χ0v) is 12.6. The van der Waals surface area contributed by atoms with Crippen LogP contribution in [0.5, 0.6) is 0 Å². The van der Waals surface area contributed by atoms with Crippen molar-refractivity contribution in [1.82, 2.24) is 4.98 Å². The molecule has 2 N–H and O–H groups in total. The molecule has 0 fully saturated rings. The second-order valence-electron chi connectivity index (χ2n) is 3.91. The number of carbonyl (C=O) groups is 1. The number of aromatic nitrogens is 1. The number of nitrogens with one attached hydrogen (secondary N) is 1. The Bertz CT molecular complexity index is 809. The van der Waals surface area contributed by atoms with Crippen LogP contribution >= 0.6 is 23.2 Å². The van der Waals surface area contributed by atoms with Crippen LogP contribution in [-0.2, 0) is 10.0 Å². The van der Waals surface area contributed by atoms with Crippen molar-refractivity contribution in [3.63, 3.8) is 0 Å². The number of halogens is 2. The van der Waals surface area contributed by atoms with Crippen molar-refractivity contribution in [2.75, 3.05) is 4.72 Å². The molecule has 0 saturated heterocycles. The first kappa shape index (κ1) is 15.6. The zero-order chi connectivity index (χ0) is 15.6. The van der Waals surface area contributed by atoms with Gasteiger partial charge < -0.3 is 5.11 Å². The van der Waals surface area contributed by atoms with E-state index in [1.807, 2.05) is 0 Å². The Kier molecular flexibility index (Phi) is 4.36. The van der Waals surface area contributed by atoms with Crippen molar-refractivity contribution in [1.29, 1.82) is 0 Å². The van der Waals surface area contributed by atoms with E-state index in [2.05, 4.69) is 9.71 Å². The Morgan fingerprint density at radius 1 is 1.19 bits per heavy atom. The van der Waals surface area contributed by atoms with Gasteiger partial charge in [0.15, 0.2) is 0 Å². The normalized spacial score (nSPS) is 11.1. The summed E-state index contributed by atoms with van der Waals surface area (Å²) in [5.74, 6) is -1.27. The predicted molar refractivity (Wildman–Crippen MR) is 78.5 cm³/mol. The summed E-state index contributed by atoms with van der Waals surface area (Å²) in [7, 11) is -4.01. The highest BCUT2D eigenvalue weighted by Gasteiger charge is 2.19. The lowest BCUT2D eigenvalue weighted by atomic mass is 10.2. The first-order valence-electron chi connectivity index (χ1n) is 5.46. The van der Waals surface area contributed by atoms with Gasteiger partial charge >= 0.3 is 5.97 Å². The lowest BCUT2D eigenvalue weighted by Crippen LogP contribution is -2.15. The van der Waals surface area contributed by atoms with Gasteiger partial charge in [-0.25, -0.2) is 13.2 Å². The van der Waals surface area contributed by atoms with Gasteiger partial charge in [0.1, 0.15) is 0 Å². The van der Waals surface area contributed by atoms with Crippen molar-refractivity contribution < 1.29 is 18.3 Å². The average molecular weight is 347 g/mol. The molecule has 0 spiro atoms. The molecular formula is C12H8Cl2N2O4S. The number of benzene rings is 1. The third kappa shape index (κ3) is 3.44. The first-order chi connectivity index (χ1) is 9.81.